The Morgan fingerprint density at radius 2 is 2.27 bits per heavy atom. The van der Waals surface area contributed by atoms with Crippen molar-refractivity contribution in [2.24, 2.45) is 0 Å². The number of carboxylic acid groups (broad SMARTS) is 1. The van der Waals surface area contributed by atoms with Gasteiger partial charge < -0.3 is 16.2 Å². The molecule has 2 aliphatic heterocycles. The van der Waals surface area contributed by atoms with Crippen molar-refractivity contribution in [2.45, 2.75) is 29.8 Å². The molecule has 5 N–H and O–H groups in total. The first-order chi connectivity index (χ1) is 15.9. The summed E-state index contributed by atoms with van der Waals surface area (Å²) in [5.74, 6) is -1.64. The number of hydrogen-bond donors (Lipinski definition) is 4. The number of nitrogens with two attached hydrogens (primary N) is 1. The highest BCUT2D eigenvalue weighted by Gasteiger charge is 2.54. The zero-order valence-corrected chi connectivity index (χ0v) is 20.4. The Bertz CT molecular complexity index is 1130. The summed E-state index contributed by atoms with van der Waals surface area (Å²) in [7, 11) is 0. The van der Waals surface area contributed by atoms with E-state index in [-0.39, 0.29) is 5.70 Å². The SMILES string of the molecule is CC/C=C(\C(=O)N[C@@H]1C(=O)N2C(C(=O)O)=C(SCSc3c[nH]nn3)CS[C@H]12)c1csc(N)n1. The van der Waals surface area contributed by atoms with Crippen molar-refractivity contribution in [1.29, 1.82) is 0 Å². The second-order valence-corrected chi connectivity index (χ2v) is 11.2. The topological polar surface area (TPSA) is 167 Å². The number of thioether (sulfide) groups is 3. The van der Waals surface area contributed by atoms with Gasteiger partial charge in [0.15, 0.2) is 5.13 Å². The van der Waals surface area contributed by atoms with Gasteiger partial charge in [0, 0.05) is 16.0 Å². The normalized spacial score (nSPS) is 20.5. The lowest BCUT2D eigenvalue weighted by Crippen LogP contribution is -2.70. The molecule has 0 spiro atoms. The highest BCUT2D eigenvalue weighted by molar-refractivity contribution is 8.18. The van der Waals surface area contributed by atoms with Crippen LogP contribution in [-0.2, 0) is 14.4 Å². The van der Waals surface area contributed by atoms with Crippen LogP contribution in [-0.4, -0.2) is 70.4 Å². The maximum Gasteiger partial charge on any atom is 0.353 e. The molecule has 11 nitrogen and oxygen atoms in total. The van der Waals surface area contributed by atoms with Crippen LogP contribution in [0.5, 0.6) is 0 Å². The number of aromatic nitrogens is 4. The standard InChI is InChI=1S/C18H19N7O4S4/c1-2-3-8(9-5-31-18(19)21-9)14(26)22-12-15(27)25-13(17(28)29)10(6-30-16(12)25)32-7-33-11-4-20-24-23-11/h3-5,12,16H,2,6-7H2,1H3,(H2,19,21)(H,22,26)(H,28,29)(H,20,23,24)/b8-3-/t12-,16-/m1/s1. The summed E-state index contributed by atoms with van der Waals surface area (Å²) in [5, 5.41) is 25.4. The molecular weight excluding hydrogens is 507 g/mol. The van der Waals surface area contributed by atoms with Crippen LogP contribution in [0.1, 0.15) is 19.0 Å². The monoisotopic (exact) mass is 525 g/mol. The molecule has 15 heteroatoms. The molecule has 2 aromatic heterocycles. The second kappa shape index (κ2) is 10.2. The van der Waals surface area contributed by atoms with Crippen LogP contribution in [0.4, 0.5) is 5.13 Å². The van der Waals surface area contributed by atoms with E-state index >= 15 is 0 Å². The minimum absolute atomic E-state index is 0.0309. The number of hydrogen-bond acceptors (Lipinski definition) is 11. The Balaban J connectivity index is 1.45. The first-order valence-electron chi connectivity index (χ1n) is 9.66. The van der Waals surface area contributed by atoms with E-state index in [1.165, 1.54) is 51.5 Å². The first-order valence-corrected chi connectivity index (χ1v) is 13.6. The lowest BCUT2D eigenvalue weighted by atomic mass is 10.0. The summed E-state index contributed by atoms with van der Waals surface area (Å²) in [6.45, 7) is 1.89. The molecule has 0 radical (unpaired) electrons. The third kappa shape index (κ3) is 4.90. The van der Waals surface area contributed by atoms with E-state index in [2.05, 4.69) is 25.7 Å². The predicted octanol–water partition coefficient (Wildman–Crippen LogP) is 1.82. The maximum absolute atomic E-state index is 12.9. The number of amides is 2. The predicted molar refractivity (Wildman–Crippen MR) is 129 cm³/mol. The maximum atomic E-state index is 12.9. The quantitative estimate of drug-likeness (QED) is 0.163. The zero-order valence-electron chi connectivity index (χ0n) is 17.2. The molecule has 174 valence electrons. The van der Waals surface area contributed by atoms with E-state index in [4.69, 9.17) is 5.73 Å². The Labute approximate surface area is 205 Å². The van der Waals surface area contributed by atoms with Crippen molar-refractivity contribution < 1.29 is 19.5 Å². The second-order valence-electron chi connectivity index (χ2n) is 6.75. The number of nitrogen functional groups attached to an aromatic ring is 1. The highest BCUT2D eigenvalue weighted by Crippen LogP contribution is 2.44. The molecule has 2 aliphatic rings. The Morgan fingerprint density at radius 3 is 2.91 bits per heavy atom. The molecule has 4 heterocycles. The number of H-pyrrole nitrogens is 1. The van der Waals surface area contributed by atoms with Crippen molar-refractivity contribution in [1.82, 2.24) is 30.6 Å². The van der Waals surface area contributed by atoms with E-state index in [0.29, 0.717) is 43.6 Å². The molecule has 2 atom stereocenters. The van der Waals surface area contributed by atoms with Crippen molar-refractivity contribution in [2.75, 3.05) is 16.6 Å². The summed E-state index contributed by atoms with van der Waals surface area (Å²) in [6.07, 6.45) is 3.97. The van der Waals surface area contributed by atoms with Gasteiger partial charge in [0.1, 0.15) is 22.1 Å². The summed E-state index contributed by atoms with van der Waals surface area (Å²) in [6, 6.07) is -0.816. The number of allylic oxidation sites excluding steroid dienone is 1. The molecule has 0 aromatic carbocycles. The van der Waals surface area contributed by atoms with Crippen molar-refractivity contribution in [3.8, 4) is 0 Å². The number of carbonyl (C=O) groups excluding carboxylic acids is 2. The summed E-state index contributed by atoms with van der Waals surface area (Å²) >= 11 is 5.41. The van der Waals surface area contributed by atoms with Crippen molar-refractivity contribution in [3.05, 3.63) is 33.9 Å². The van der Waals surface area contributed by atoms with Gasteiger partial charge in [-0.25, -0.2) is 9.78 Å². The molecule has 1 saturated heterocycles. The zero-order chi connectivity index (χ0) is 23.5. The number of anilines is 1. The molecule has 33 heavy (non-hydrogen) atoms. The fraction of sp³-hybridized carbons (Fsp3) is 0.333. The van der Waals surface area contributed by atoms with Crippen LogP contribution in [0.2, 0.25) is 0 Å². The van der Waals surface area contributed by atoms with Crippen LogP contribution < -0.4 is 11.1 Å². The third-order valence-corrected chi connectivity index (χ3v) is 8.97. The van der Waals surface area contributed by atoms with E-state index in [9.17, 15) is 19.5 Å². The third-order valence-electron chi connectivity index (χ3n) is 4.71. The van der Waals surface area contributed by atoms with Crippen LogP contribution in [0, 0.1) is 0 Å². The van der Waals surface area contributed by atoms with Gasteiger partial charge in [0.05, 0.1) is 22.5 Å². The van der Waals surface area contributed by atoms with Crippen LogP contribution in [0.15, 0.2) is 33.3 Å². The van der Waals surface area contributed by atoms with Crippen molar-refractivity contribution >= 4 is 75.1 Å². The largest absolute Gasteiger partial charge is 0.477 e. The smallest absolute Gasteiger partial charge is 0.353 e. The number of aromatic amines is 1. The number of carboxylic acids is 1. The van der Waals surface area contributed by atoms with Gasteiger partial charge in [-0.15, -0.1) is 40.0 Å². The molecule has 2 amide bonds. The van der Waals surface area contributed by atoms with E-state index in [1.807, 2.05) is 6.92 Å². The Hall–Kier alpha value is -2.49. The first kappa shape index (κ1) is 23.7. The van der Waals surface area contributed by atoms with Gasteiger partial charge in [-0.1, -0.05) is 30.0 Å². The van der Waals surface area contributed by atoms with Crippen LogP contribution in [0.25, 0.3) is 5.57 Å². The van der Waals surface area contributed by atoms with Crippen molar-refractivity contribution in [3.63, 3.8) is 0 Å². The van der Waals surface area contributed by atoms with Gasteiger partial charge in [-0.3, -0.25) is 19.6 Å². The number of carbonyl (C=O) groups is 3. The van der Waals surface area contributed by atoms with Crippen LogP contribution >= 0.6 is 46.6 Å². The van der Waals surface area contributed by atoms with Gasteiger partial charge in [0.25, 0.3) is 11.8 Å². The molecular formula is C18H19N7O4S4. The molecule has 0 aliphatic carbocycles. The van der Waals surface area contributed by atoms with Gasteiger partial charge in [-0.2, -0.15) is 0 Å². The molecule has 1 fully saturated rings. The number of aliphatic carboxylic acids is 1. The number of β-lactam (4-membered cyclic amide) rings is 1. The number of nitrogens with zero attached hydrogens (tertiary/aromatic N) is 4. The van der Waals surface area contributed by atoms with Crippen LogP contribution in [0.3, 0.4) is 0 Å². The fourth-order valence-corrected chi connectivity index (χ4v) is 7.41. The highest BCUT2D eigenvalue weighted by atomic mass is 32.2. The van der Waals surface area contributed by atoms with E-state index in [1.54, 1.807) is 17.7 Å². The Morgan fingerprint density at radius 1 is 1.45 bits per heavy atom. The van der Waals surface area contributed by atoms with E-state index in [0.717, 1.165) is 0 Å². The summed E-state index contributed by atoms with van der Waals surface area (Å²) < 4.78 is 0. The number of rotatable bonds is 9. The average Bonchev–Trinajstić information content (AvgIpc) is 3.46. The van der Waals surface area contributed by atoms with Gasteiger partial charge in [0.2, 0.25) is 0 Å². The molecule has 0 saturated carbocycles. The van der Waals surface area contributed by atoms with E-state index < -0.39 is 29.2 Å². The number of fused-ring (bicyclic) bond motifs is 1. The molecule has 4 rings (SSSR count). The average molecular weight is 526 g/mol. The molecule has 0 bridgehead atoms. The lowest BCUT2D eigenvalue weighted by molar-refractivity contribution is -0.150. The number of thiazole rings is 1. The minimum Gasteiger partial charge on any atom is -0.477 e. The Kier molecular flexibility index (Phi) is 7.31. The molecule has 2 aromatic rings. The van der Waals surface area contributed by atoms with Gasteiger partial charge in [-0.05, 0) is 6.42 Å². The summed E-state index contributed by atoms with van der Waals surface area (Å²) in [5.41, 5.74) is 6.45. The lowest BCUT2D eigenvalue weighted by Gasteiger charge is -2.49. The number of nitrogens with one attached hydrogen (secondary N) is 2. The molecule has 0 unspecified atom stereocenters. The summed E-state index contributed by atoms with van der Waals surface area (Å²) in [4.78, 5) is 43.8. The van der Waals surface area contributed by atoms with Gasteiger partial charge >= 0.3 is 5.97 Å². The minimum atomic E-state index is -1.17. The fourth-order valence-electron chi connectivity index (χ4n) is 3.27.